The molecular formula is C10H10BrNO4. The molecule has 0 bridgehead atoms. The quantitative estimate of drug-likeness (QED) is 0.883. The molecule has 16 heavy (non-hydrogen) atoms. The van der Waals surface area contributed by atoms with Gasteiger partial charge in [0, 0.05) is 6.04 Å². The SMILES string of the molecule is NC(CC(=O)O)c1ccc2c(c1Br)OCO2. The van der Waals surface area contributed by atoms with Gasteiger partial charge < -0.3 is 20.3 Å². The van der Waals surface area contributed by atoms with Gasteiger partial charge in [0.2, 0.25) is 6.79 Å². The first-order chi connectivity index (χ1) is 7.59. The molecule has 0 aliphatic carbocycles. The maximum Gasteiger partial charge on any atom is 0.305 e. The molecule has 1 aliphatic heterocycles. The lowest BCUT2D eigenvalue weighted by Crippen LogP contribution is -2.15. The summed E-state index contributed by atoms with van der Waals surface area (Å²) in [5, 5.41) is 8.68. The number of halogens is 1. The molecule has 1 aromatic rings. The van der Waals surface area contributed by atoms with E-state index in [9.17, 15) is 4.79 Å². The van der Waals surface area contributed by atoms with Crippen molar-refractivity contribution in [1.82, 2.24) is 0 Å². The van der Waals surface area contributed by atoms with E-state index in [0.29, 0.717) is 21.5 Å². The summed E-state index contributed by atoms with van der Waals surface area (Å²) in [7, 11) is 0. The first-order valence-electron chi connectivity index (χ1n) is 4.65. The monoisotopic (exact) mass is 287 g/mol. The normalized spacial score (nSPS) is 14.9. The second-order valence-electron chi connectivity index (χ2n) is 3.41. The predicted octanol–water partition coefficient (Wildman–Crippen LogP) is 1.65. The van der Waals surface area contributed by atoms with E-state index in [2.05, 4.69) is 15.9 Å². The third-order valence-corrected chi connectivity index (χ3v) is 3.12. The lowest BCUT2D eigenvalue weighted by molar-refractivity contribution is -0.137. The Bertz CT molecular complexity index is 435. The van der Waals surface area contributed by atoms with Gasteiger partial charge in [0.25, 0.3) is 0 Å². The molecule has 1 aliphatic rings. The first kappa shape index (κ1) is 11.2. The Morgan fingerprint density at radius 2 is 2.31 bits per heavy atom. The third-order valence-electron chi connectivity index (χ3n) is 2.30. The molecule has 0 amide bonds. The van der Waals surface area contributed by atoms with E-state index in [-0.39, 0.29) is 13.2 Å². The van der Waals surface area contributed by atoms with E-state index in [1.54, 1.807) is 12.1 Å². The van der Waals surface area contributed by atoms with E-state index in [1.165, 1.54) is 0 Å². The van der Waals surface area contributed by atoms with Crippen molar-refractivity contribution in [3.05, 3.63) is 22.2 Å². The molecule has 0 spiro atoms. The van der Waals surface area contributed by atoms with Gasteiger partial charge in [-0.25, -0.2) is 0 Å². The molecule has 1 aromatic carbocycles. The Hall–Kier alpha value is -1.27. The highest BCUT2D eigenvalue weighted by atomic mass is 79.9. The van der Waals surface area contributed by atoms with Gasteiger partial charge in [0.15, 0.2) is 11.5 Å². The molecule has 6 heteroatoms. The molecule has 1 heterocycles. The number of carbonyl (C=O) groups is 1. The number of fused-ring (bicyclic) bond motifs is 1. The van der Waals surface area contributed by atoms with Crippen molar-refractivity contribution < 1.29 is 19.4 Å². The summed E-state index contributed by atoms with van der Waals surface area (Å²) in [5.41, 5.74) is 6.48. The van der Waals surface area contributed by atoms with Crippen LogP contribution < -0.4 is 15.2 Å². The number of ether oxygens (including phenoxy) is 2. The second-order valence-corrected chi connectivity index (χ2v) is 4.20. The van der Waals surface area contributed by atoms with Crippen LogP contribution in [0.2, 0.25) is 0 Å². The van der Waals surface area contributed by atoms with Gasteiger partial charge in [-0.3, -0.25) is 4.79 Å². The van der Waals surface area contributed by atoms with Crippen LogP contribution in [0.15, 0.2) is 16.6 Å². The van der Waals surface area contributed by atoms with Crippen molar-refractivity contribution in [3.63, 3.8) is 0 Å². The van der Waals surface area contributed by atoms with Crippen molar-refractivity contribution in [2.45, 2.75) is 12.5 Å². The van der Waals surface area contributed by atoms with Gasteiger partial charge in [-0.05, 0) is 27.6 Å². The minimum Gasteiger partial charge on any atom is -0.481 e. The highest BCUT2D eigenvalue weighted by Gasteiger charge is 2.22. The molecule has 0 aromatic heterocycles. The van der Waals surface area contributed by atoms with Crippen LogP contribution in [-0.2, 0) is 4.79 Å². The van der Waals surface area contributed by atoms with Crippen molar-refractivity contribution in [2.75, 3.05) is 6.79 Å². The van der Waals surface area contributed by atoms with Crippen molar-refractivity contribution >= 4 is 21.9 Å². The predicted molar refractivity (Wildman–Crippen MR) is 59.4 cm³/mol. The minimum atomic E-state index is -0.933. The van der Waals surface area contributed by atoms with Crippen LogP contribution in [0.1, 0.15) is 18.0 Å². The van der Waals surface area contributed by atoms with Gasteiger partial charge in [0.05, 0.1) is 10.9 Å². The van der Waals surface area contributed by atoms with Crippen molar-refractivity contribution in [1.29, 1.82) is 0 Å². The summed E-state index contributed by atoms with van der Waals surface area (Å²) < 4.78 is 11.1. The fraction of sp³-hybridized carbons (Fsp3) is 0.300. The number of carboxylic acid groups (broad SMARTS) is 1. The summed E-state index contributed by atoms with van der Waals surface area (Å²) in [5.74, 6) is 0.286. The maximum absolute atomic E-state index is 10.6. The first-order valence-corrected chi connectivity index (χ1v) is 5.44. The molecule has 2 rings (SSSR count). The van der Waals surface area contributed by atoms with E-state index < -0.39 is 12.0 Å². The van der Waals surface area contributed by atoms with Crippen LogP contribution in [0.5, 0.6) is 11.5 Å². The van der Waals surface area contributed by atoms with Crippen LogP contribution in [0.3, 0.4) is 0 Å². The zero-order valence-corrected chi connectivity index (χ0v) is 9.86. The number of carboxylic acids is 1. The maximum atomic E-state index is 10.6. The van der Waals surface area contributed by atoms with Crippen molar-refractivity contribution in [2.24, 2.45) is 5.73 Å². The highest BCUT2D eigenvalue weighted by molar-refractivity contribution is 9.10. The summed E-state index contributed by atoms with van der Waals surface area (Å²) >= 11 is 3.34. The van der Waals surface area contributed by atoms with E-state index >= 15 is 0 Å². The Morgan fingerprint density at radius 3 is 3.00 bits per heavy atom. The number of aliphatic carboxylic acids is 1. The Kier molecular flexibility index (Phi) is 3.02. The molecule has 1 unspecified atom stereocenters. The Morgan fingerprint density at radius 1 is 1.56 bits per heavy atom. The summed E-state index contributed by atoms with van der Waals surface area (Å²) in [4.78, 5) is 10.6. The number of rotatable bonds is 3. The minimum absolute atomic E-state index is 0.127. The van der Waals surface area contributed by atoms with Crippen LogP contribution in [0.25, 0.3) is 0 Å². The zero-order chi connectivity index (χ0) is 11.7. The molecule has 1 atom stereocenters. The number of hydrogen-bond donors (Lipinski definition) is 2. The average Bonchev–Trinajstić information content (AvgIpc) is 2.65. The van der Waals surface area contributed by atoms with Crippen LogP contribution in [0, 0.1) is 0 Å². The van der Waals surface area contributed by atoms with Crippen LogP contribution in [0.4, 0.5) is 0 Å². The molecule has 0 radical (unpaired) electrons. The summed E-state index contributed by atoms with van der Waals surface area (Å²) in [6.45, 7) is 0.172. The Labute approximate surface area is 100 Å². The molecule has 3 N–H and O–H groups in total. The van der Waals surface area contributed by atoms with Gasteiger partial charge in [0.1, 0.15) is 0 Å². The van der Waals surface area contributed by atoms with Gasteiger partial charge in [-0.1, -0.05) is 6.07 Å². The molecule has 0 saturated carbocycles. The summed E-state index contributed by atoms with van der Waals surface area (Å²) in [6, 6.07) is 2.90. The number of nitrogens with two attached hydrogens (primary N) is 1. The molecule has 0 fully saturated rings. The fourth-order valence-corrected chi connectivity index (χ4v) is 2.27. The van der Waals surface area contributed by atoms with Gasteiger partial charge in [-0.2, -0.15) is 0 Å². The number of hydrogen-bond acceptors (Lipinski definition) is 4. The molecular weight excluding hydrogens is 278 g/mol. The van der Waals surface area contributed by atoms with Gasteiger partial charge in [-0.15, -0.1) is 0 Å². The zero-order valence-electron chi connectivity index (χ0n) is 8.27. The Balaban J connectivity index is 2.32. The average molecular weight is 288 g/mol. The topological polar surface area (TPSA) is 81.8 Å². The van der Waals surface area contributed by atoms with E-state index in [4.69, 9.17) is 20.3 Å². The molecule has 0 saturated heterocycles. The highest BCUT2D eigenvalue weighted by Crippen LogP contribution is 2.42. The molecule has 5 nitrogen and oxygen atoms in total. The van der Waals surface area contributed by atoms with Crippen molar-refractivity contribution in [3.8, 4) is 11.5 Å². The summed E-state index contributed by atoms with van der Waals surface area (Å²) in [6.07, 6.45) is -0.127. The molecule has 86 valence electrons. The second kappa shape index (κ2) is 4.31. The lowest BCUT2D eigenvalue weighted by atomic mass is 10.0. The standard InChI is InChI=1S/C10H10BrNO4/c11-9-5(6(12)3-8(13)14)1-2-7-10(9)16-4-15-7/h1-2,6H,3-4,12H2,(H,13,14). The fourth-order valence-electron chi connectivity index (χ4n) is 1.54. The van der Waals surface area contributed by atoms with E-state index in [0.717, 1.165) is 0 Å². The number of benzene rings is 1. The lowest BCUT2D eigenvalue weighted by Gasteiger charge is -2.12. The van der Waals surface area contributed by atoms with Crippen LogP contribution in [-0.4, -0.2) is 17.9 Å². The third kappa shape index (κ3) is 1.98. The van der Waals surface area contributed by atoms with Crippen LogP contribution >= 0.6 is 15.9 Å². The largest absolute Gasteiger partial charge is 0.481 e. The smallest absolute Gasteiger partial charge is 0.305 e. The van der Waals surface area contributed by atoms with Gasteiger partial charge >= 0.3 is 5.97 Å². The van der Waals surface area contributed by atoms with E-state index in [1.807, 2.05) is 0 Å².